The molecule has 0 aliphatic heterocycles. The van der Waals surface area contributed by atoms with Crippen molar-refractivity contribution in [1.82, 2.24) is 4.98 Å². The minimum Gasteiger partial charge on any atom is -0.396 e. The van der Waals surface area contributed by atoms with E-state index in [0.29, 0.717) is 24.6 Å². The number of aryl methyl sites for hydroxylation is 1. The molecule has 0 aliphatic rings. The number of aromatic nitrogens is 1. The van der Waals surface area contributed by atoms with Crippen molar-refractivity contribution in [2.24, 2.45) is 5.92 Å². The highest BCUT2D eigenvalue weighted by atomic mass is 15.2. The Bertz CT molecular complexity index is 406. The Morgan fingerprint density at radius 1 is 1.53 bits per heavy atom. The third kappa shape index (κ3) is 3.95. The van der Waals surface area contributed by atoms with Gasteiger partial charge in [-0.05, 0) is 24.5 Å². The fraction of sp³-hybridized carbons (Fsp3) is 0.538. The molecule has 0 fully saturated rings. The molecule has 0 aliphatic carbocycles. The smallest absolute Gasteiger partial charge is 0.151 e. The molecule has 1 rings (SSSR count). The molecule has 0 unspecified atom stereocenters. The number of pyridine rings is 1. The van der Waals surface area contributed by atoms with Crippen LogP contribution in [0.25, 0.3) is 0 Å². The number of hydrogen-bond donors (Lipinski definition) is 1. The number of nitrogens with two attached hydrogens (primary N) is 1. The van der Waals surface area contributed by atoms with Crippen LogP contribution in [0.5, 0.6) is 0 Å². The van der Waals surface area contributed by atoms with Crippen LogP contribution in [0.4, 0.5) is 11.5 Å². The SMILES string of the molecule is Cc1cnc(N(CCC#N)CC(C)C)c(N)c1. The van der Waals surface area contributed by atoms with Gasteiger partial charge in [-0.3, -0.25) is 0 Å². The van der Waals surface area contributed by atoms with Crippen LogP contribution in [0.3, 0.4) is 0 Å². The van der Waals surface area contributed by atoms with Crippen LogP contribution in [0.2, 0.25) is 0 Å². The van der Waals surface area contributed by atoms with Crippen molar-refractivity contribution in [3.8, 4) is 6.07 Å². The van der Waals surface area contributed by atoms with Gasteiger partial charge in [0, 0.05) is 19.3 Å². The molecule has 1 aromatic rings. The third-order valence-electron chi connectivity index (χ3n) is 2.41. The summed E-state index contributed by atoms with van der Waals surface area (Å²) in [5.41, 5.74) is 7.72. The minimum absolute atomic E-state index is 0.488. The van der Waals surface area contributed by atoms with Crippen LogP contribution < -0.4 is 10.6 Å². The van der Waals surface area contributed by atoms with Crippen LogP contribution in [0.1, 0.15) is 25.8 Å². The Hall–Kier alpha value is -1.76. The van der Waals surface area contributed by atoms with Crippen LogP contribution in [-0.4, -0.2) is 18.1 Å². The molecular weight excluding hydrogens is 212 g/mol. The zero-order valence-corrected chi connectivity index (χ0v) is 10.8. The molecule has 2 N–H and O–H groups in total. The summed E-state index contributed by atoms with van der Waals surface area (Å²) in [6, 6.07) is 4.08. The number of rotatable bonds is 5. The molecule has 0 bridgehead atoms. The van der Waals surface area contributed by atoms with Gasteiger partial charge in [-0.25, -0.2) is 4.98 Å². The lowest BCUT2D eigenvalue weighted by molar-refractivity contribution is 0.608. The summed E-state index contributed by atoms with van der Waals surface area (Å²) in [5, 5.41) is 8.68. The zero-order chi connectivity index (χ0) is 12.8. The van der Waals surface area contributed by atoms with Gasteiger partial charge in [0.1, 0.15) is 0 Å². The highest BCUT2D eigenvalue weighted by Gasteiger charge is 2.12. The maximum Gasteiger partial charge on any atom is 0.151 e. The lowest BCUT2D eigenvalue weighted by atomic mass is 10.2. The van der Waals surface area contributed by atoms with Gasteiger partial charge in [0.25, 0.3) is 0 Å². The molecule has 0 spiro atoms. The first-order valence-corrected chi connectivity index (χ1v) is 5.88. The van der Waals surface area contributed by atoms with E-state index in [1.807, 2.05) is 19.2 Å². The summed E-state index contributed by atoms with van der Waals surface area (Å²) in [5.74, 6) is 1.30. The monoisotopic (exact) mass is 232 g/mol. The molecule has 0 atom stereocenters. The minimum atomic E-state index is 0.488. The van der Waals surface area contributed by atoms with Crippen molar-refractivity contribution in [2.75, 3.05) is 23.7 Å². The molecule has 1 aromatic heterocycles. The van der Waals surface area contributed by atoms with E-state index in [1.165, 1.54) is 0 Å². The average Bonchev–Trinajstić information content (AvgIpc) is 2.24. The zero-order valence-electron chi connectivity index (χ0n) is 10.8. The van der Waals surface area contributed by atoms with Crippen LogP contribution in [0, 0.1) is 24.2 Å². The van der Waals surface area contributed by atoms with Gasteiger partial charge in [-0.15, -0.1) is 0 Å². The summed E-state index contributed by atoms with van der Waals surface area (Å²) < 4.78 is 0. The second-order valence-corrected chi connectivity index (χ2v) is 4.67. The predicted octanol–water partition coefficient (Wildman–Crippen LogP) is 2.35. The van der Waals surface area contributed by atoms with Crippen molar-refractivity contribution in [2.45, 2.75) is 27.2 Å². The van der Waals surface area contributed by atoms with E-state index in [4.69, 9.17) is 11.0 Å². The molecular formula is C13H20N4. The van der Waals surface area contributed by atoms with Gasteiger partial charge in [0.15, 0.2) is 5.82 Å². The largest absolute Gasteiger partial charge is 0.396 e. The summed E-state index contributed by atoms with van der Waals surface area (Å²) in [6.07, 6.45) is 2.30. The van der Waals surface area contributed by atoms with E-state index in [1.54, 1.807) is 0 Å². The van der Waals surface area contributed by atoms with Gasteiger partial charge >= 0.3 is 0 Å². The van der Waals surface area contributed by atoms with Gasteiger partial charge in [-0.1, -0.05) is 13.8 Å². The van der Waals surface area contributed by atoms with Gasteiger partial charge < -0.3 is 10.6 Å². The lowest BCUT2D eigenvalue weighted by Gasteiger charge is -2.25. The van der Waals surface area contributed by atoms with E-state index in [2.05, 4.69) is 29.8 Å². The van der Waals surface area contributed by atoms with Gasteiger partial charge in [0.05, 0.1) is 18.2 Å². The number of nitrogen functional groups attached to an aromatic ring is 1. The van der Waals surface area contributed by atoms with Crippen LogP contribution >= 0.6 is 0 Å². The topological polar surface area (TPSA) is 65.9 Å². The van der Waals surface area contributed by atoms with E-state index in [-0.39, 0.29) is 0 Å². The molecule has 1 heterocycles. The molecule has 4 nitrogen and oxygen atoms in total. The third-order valence-corrected chi connectivity index (χ3v) is 2.41. The number of nitrogens with zero attached hydrogens (tertiary/aromatic N) is 3. The highest BCUT2D eigenvalue weighted by Crippen LogP contribution is 2.22. The Kier molecular flexibility index (Phi) is 4.77. The predicted molar refractivity (Wildman–Crippen MR) is 70.7 cm³/mol. The van der Waals surface area contributed by atoms with Crippen LogP contribution in [0.15, 0.2) is 12.3 Å². The highest BCUT2D eigenvalue weighted by molar-refractivity contribution is 5.63. The first-order chi connectivity index (χ1) is 8.04. The molecule has 0 aromatic carbocycles. The molecule has 4 heteroatoms. The first-order valence-electron chi connectivity index (χ1n) is 5.88. The van der Waals surface area contributed by atoms with E-state index in [9.17, 15) is 0 Å². The van der Waals surface area contributed by atoms with Crippen molar-refractivity contribution in [3.63, 3.8) is 0 Å². The summed E-state index contributed by atoms with van der Waals surface area (Å²) in [7, 11) is 0. The molecule has 0 radical (unpaired) electrons. The fourth-order valence-corrected chi connectivity index (χ4v) is 1.76. The maximum absolute atomic E-state index is 8.68. The molecule has 0 saturated carbocycles. The van der Waals surface area contributed by atoms with Crippen molar-refractivity contribution < 1.29 is 0 Å². The Balaban J connectivity index is 2.91. The molecule has 0 amide bonds. The van der Waals surface area contributed by atoms with Crippen LogP contribution in [-0.2, 0) is 0 Å². The fourth-order valence-electron chi connectivity index (χ4n) is 1.76. The standard InChI is InChI=1S/C13H20N4/c1-10(2)9-17(6-4-5-14)13-12(15)7-11(3)8-16-13/h7-8,10H,4,6,9,15H2,1-3H3. The maximum atomic E-state index is 8.68. The quantitative estimate of drug-likeness (QED) is 0.846. The first kappa shape index (κ1) is 13.3. The Morgan fingerprint density at radius 2 is 2.24 bits per heavy atom. The Labute approximate surface area is 103 Å². The van der Waals surface area contributed by atoms with Crippen molar-refractivity contribution in [3.05, 3.63) is 17.8 Å². The van der Waals surface area contributed by atoms with Gasteiger partial charge in [-0.2, -0.15) is 5.26 Å². The van der Waals surface area contributed by atoms with Crippen molar-refractivity contribution in [1.29, 1.82) is 5.26 Å². The van der Waals surface area contributed by atoms with E-state index < -0.39 is 0 Å². The summed E-state index contributed by atoms with van der Waals surface area (Å²) in [6.45, 7) is 7.79. The summed E-state index contributed by atoms with van der Waals surface area (Å²) in [4.78, 5) is 6.46. The van der Waals surface area contributed by atoms with Gasteiger partial charge in [0.2, 0.25) is 0 Å². The molecule has 0 saturated heterocycles. The van der Waals surface area contributed by atoms with E-state index in [0.717, 1.165) is 17.9 Å². The second-order valence-electron chi connectivity index (χ2n) is 4.67. The Morgan fingerprint density at radius 3 is 2.76 bits per heavy atom. The second kappa shape index (κ2) is 6.09. The number of nitriles is 1. The van der Waals surface area contributed by atoms with Crippen molar-refractivity contribution >= 4 is 11.5 Å². The molecule has 92 valence electrons. The number of anilines is 2. The number of hydrogen-bond acceptors (Lipinski definition) is 4. The average molecular weight is 232 g/mol. The summed E-state index contributed by atoms with van der Waals surface area (Å²) >= 11 is 0. The normalized spacial score (nSPS) is 10.3. The van der Waals surface area contributed by atoms with E-state index >= 15 is 0 Å². The lowest BCUT2D eigenvalue weighted by Crippen LogP contribution is -2.30. The molecule has 17 heavy (non-hydrogen) atoms.